The van der Waals surface area contributed by atoms with Crippen LogP contribution in [0.15, 0.2) is 12.7 Å². The van der Waals surface area contributed by atoms with Crippen LogP contribution in [0.4, 0.5) is 0 Å². The standard InChI is InChI=1S/C12H22/c1-4-12(10(2)3)11-8-6-5-7-9-11/h4,10-12H,1,5-9H2,2-3H3/t12-/m1/s1. The third-order valence-electron chi connectivity index (χ3n) is 3.24. The average molecular weight is 166 g/mol. The first-order valence-corrected chi connectivity index (χ1v) is 5.38. The minimum absolute atomic E-state index is 0.769. The van der Waals surface area contributed by atoms with Crippen LogP contribution in [0, 0.1) is 17.8 Å². The average Bonchev–Trinajstić information content (AvgIpc) is 2.07. The van der Waals surface area contributed by atoms with Crippen LogP contribution in [0.5, 0.6) is 0 Å². The summed E-state index contributed by atoms with van der Waals surface area (Å²) < 4.78 is 0. The molecule has 1 fully saturated rings. The minimum Gasteiger partial charge on any atom is -0.103 e. The molecule has 0 heteroatoms. The number of allylic oxidation sites excluding steroid dienone is 1. The van der Waals surface area contributed by atoms with Crippen LogP contribution in [0.2, 0.25) is 0 Å². The summed E-state index contributed by atoms with van der Waals surface area (Å²) in [6.45, 7) is 8.60. The number of rotatable bonds is 3. The van der Waals surface area contributed by atoms with Crippen LogP contribution in [-0.4, -0.2) is 0 Å². The fourth-order valence-electron chi connectivity index (χ4n) is 2.53. The Kier molecular flexibility index (Phi) is 3.84. The van der Waals surface area contributed by atoms with Crippen molar-refractivity contribution in [1.29, 1.82) is 0 Å². The molecular formula is C12H22. The number of hydrogen-bond donors (Lipinski definition) is 0. The molecule has 0 radical (unpaired) electrons. The summed E-state index contributed by atoms with van der Waals surface area (Å²) in [6.07, 6.45) is 9.41. The van der Waals surface area contributed by atoms with Gasteiger partial charge < -0.3 is 0 Å². The molecule has 0 N–H and O–H groups in total. The van der Waals surface area contributed by atoms with Crippen LogP contribution in [0.1, 0.15) is 46.0 Å². The summed E-state index contributed by atoms with van der Waals surface area (Å²) in [6, 6.07) is 0. The molecular weight excluding hydrogens is 144 g/mol. The smallest absolute Gasteiger partial charge is 0.0185 e. The molecule has 70 valence electrons. The first-order chi connectivity index (χ1) is 5.75. The molecule has 1 aliphatic rings. The maximum Gasteiger partial charge on any atom is -0.0185 e. The third-order valence-corrected chi connectivity index (χ3v) is 3.24. The fraction of sp³-hybridized carbons (Fsp3) is 0.833. The van der Waals surface area contributed by atoms with Crippen molar-refractivity contribution in [3.63, 3.8) is 0 Å². The molecule has 0 nitrogen and oxygen atoms in total. The molecule has 0 saturated heterocycles. The summed E-state index contributed by atoms with van der Waals surface area (Å²) in [7, 11) is 0. The first-order valence-electron chi connectivity index (χ1n) is 5.38. The summed E-state index contributed by atoms with van der Waals surface area (Å²) in [4.78, 5) is 0. The number of hydrogen-bond acceptors (Lipinski definition) is 0. The summed E-state index contributed by atoms with van der Waals surface area (Å²) in [5.74, 6) is 2.49. The SMILES string of the molecule is C=C[C@H](C(C)C)C1CCCCC1. The van der Waals surface area contributed by atoms with Gasteiger partial charge >= 0.3 is 0 Å². The fourth-order valence-corrected chi connectivity index (χ4v) is 2.53. The van der Waals surface area contributed by atoms with E-state index in [1.165, 1.54) is 32.1 Å². The predicted octanol–water partition coefficient (Wildman–Crippen LogP) is 4.02. The Morgan fingerprint density at radius 2 is 1.75 bits per heavy atom. The van der Waals surface area contributed by atoms with Gasteiger partial charge in [-0.2, -0.15) is 0 Å². The zero-order valence-electron chi connectivity index (χ0n) is 8.55. The Morgan fingerprint density at radius 1 is 1.17 bits per heavy atom. The van der Waals surface area contributed by atoms with Crippen molar-refractivity contribution >= 4 is 0 Å². The second kappa shape index (κ2) is 4.69. The highest BCUT2D eigenvalue weighted by Crippen LogP contribution is 2.34. The maximum absolute atomic E-state index is 3.96. The quantitative estimate of drug-likeness (QED) is 0.555. The summed E-state index contributed by atoms with van der Waals surface area (Å²) in [5, 5.41) is 0. The molecule has 0 bridgehead atoms. The van der Waals surface area contributed by atoms with Crippen molar-refractivity contribution in [2.24, 2.45) is 17.8 Å². The Labute approximate surface area is 77.1 Å². The molecule has 1 aliphatic carbocycles. The van der Waals surface area contributed by atoms with E-state index in [0.29, 0.717) is 0 Å². The second-order valence-electron chi connectivity index (χ2n) is 4.46. The molecule has 1 rings (SSSR count). The Balaban J connectivity index is 2.45. The van der Waals surface area contributed by atoms with Crippen LogP contribution in [-0.2, 0) is 0 Å². The molecule has 0 heterocycles. The minimum atomic E-state index is 0.769. The van der Waals surface area contributed by atoms with Gasteiger partial charge in [-0.3, -0.25) is 0 Å². The molecule has 1 atom stereocenters. The van der Waals surface area contributed by atoms with E-state index in [4.69, 9.17) is 0 Å². The van der Waals surface area contributed by atoms with E-state index in [1.807, 2.05) is 0 Å². The molecule has 0 aliphatic heterocycles. The zero-order chi connectivity index (χ0) is 8.97. The first kappa shape index (κ1) is 9.83. The molecule has 0 spiro atoms. The van der Waals surface area contributed by atoms with Crippen molar-refractivity contribution in [2.75, 3.05) is 0 Å². The lowest BCUT2D eigenvalue weighted by atomic mass is 9.75. The lowest BCUT2D eigenvalue weighted by Crippen LogP contribution is -2.20. The van der Waals surface area contributed by atoms with Gasteiger partial charge in [0.25, 0.3) is 0 Å². The molecule has 0 aromatic carbocycles. The summed E-state index contributed by atoms with van der Waals surface area (Å²) in [5.41, 5.74) is 0. The van der Waals surface area contributed by atoms with Crippen LogP contribution in [0.25, 0.3) is 0 Å². The molecule has 0 unspecified atom stereocenters. The molecule has 12 heavy (non-hydrogen) atoms. The van der Waals surface area contributed by atoms with E-state index >= 15 is 0 Å². The van der Waals surface area contributed by atoms with Gasteiger partial charge in [0, 0.05) is 0 Å². The maximum atomic E-state index is 3.96. The monoisotopic (exact) mass is 166 g/mol. The predicted molar refractivity (Wildman–Crippen MR) is 55.1 cm³/mol. The van der Waals surface area contributed by atoms with Gasteiger partial charge in [0.15, 0.2) is 0 Å². The lowest BCUT2D eigenvalue weighted by molar-refractivity contribution is 0.239. The van der Waals surface area contributed by atoms with Crippen LogP contribution < -0.4 is 0 Å². The van der Waals surface area contributed by atoms with Crippen molar-refractivity contribution < 1.29 is 0 Å². The van der Waals surface area contributed by atoms with Gasteiger partial charge in [0.2, 0.25) is 0 Å². The van der Waals surface area contributed by atoms with Crippen LogP contribution >= 0.6 is 0 Å². The van der Waals surface area contributed by atoms with Crippen LogP contribution in [0.3, 0.4) is 0 Å². The van der Waals surface area contributed by atoms with E-state index in [2.05, 4.69) is 26.5 Å². The van der Waals surface area contributed by atoms with Gasteiger partial charge in [-0.25, -0.2) is 0 Å². The van der Waals surface area contributed by atoms with Gasteiger partial charge in [0.1, 0.15) is 0 Å². The van der Waals surface area contributed by atoms with Crippen molar-refractivity contribution in [1.82, 2.24) is 0 Å². The van der Waals surface area contributed by atoms with Crippen molar-refractivity contribution in [3.8, 4) is 0 Å². The Bertz CT molecular complexity index is 129. The second-order valence-corrected chi connectivity index (χ2v) is 4.46. The van der Waals surface area contributed by atoms with Gasteiger partial charge in [-0.15, -0.1) is 6.58 Å². The highest BCUT2D eigenvalue weighted by molar-refractivity contribution is 4.87. The molecule has 0 aromatic heterocycles. The normalized spacial score (nSPS) is 22.6. The van der Waals surface area contributed by atoms with E-state index < -0.39 is 0 Å². The van der Waals surface area contributed by atoms with Gasteiger partial charge in [-0.1, -0.05) is 39.2 Å². The van der Waals surface area contributed by atoms with Crippen molar-refractivity contribution in [2.45, 2.75) is 46.0 Å². The summed E-state index contributed by atoms with van der Waals surface area (Å²) >= 11 is 0. The third kappa shape index (κ3) is 2.36. The van der Waals surface area contributed by atoms with E-state index in [1.54, 1.807) is 0 Å². The van der Waals surface area contributed by atoms with E-state index in [0.717, 1.165) is 17.8 Å². The molecule has 0 aromatic rings. The largest absolute Gasteiger partial charge is 0.103 e. The van der Waals surface area contributed by atoms with Crippen molar-refractivity contribution in [3.05, 3.63) is 12.7 Å². The van der Waals surface area contributed by atoms with Gasteiger partial charge in [-0.05, 0) is 30.6 Å². The topological polar surface area (TPSA) is 0 Å². The van der Waals surface area contributed by atoms with Gasteiger partial charge in [0.05, 0.1) is 0 Å². The Hall–Kier alpha value is -0.260. The Morgan fingerprint density at radius 3 is 2.17 bits per heavy atom. The highest BCUT2D eigenvalue weighted by atomic mass is 14.3. The molecule has 0 amide bonds. The highest BCUT2D eigenvalue weighted by Gasteiger charge is 2.23. The zero-order valence-corrected chi connectivity index (χ0v) is 8.55. The lowest BCUT2D eigenvalue weighted by Gasteiger charge is -2.30. The van der Waals surface area contributed by atoms with E-state index in [-0.39, 0.29) is 0 Å². The van der Waals surface area contributed by atoms with E-state index in [9.17, 15) is 0 Å². The molecule has 1 saturated carbocycles.